The molecule has 1 N–H and O–H groups in total. The van der Waals surface area contributed by atoms with Crippen LogP contribution in [0.1, 0.15) is 30.0 Å². The van der Waals surface area contributed by atoms with Crippen LogP contribution in [0.4, 0.5) is 17.6 Å². The third-order valence-corrected chi connectivity index (χ3v) is 3.98. The van der Waals surface area contributed by atoms with E-state index in [4.69, 9.17) is 0 Å². The van der Waals surface area contributed by atoms with E-state index in [1.54, 1.807) is 12.1 Å². The maximum absolute atomic E-state index is 14.0. The van der Waals surface area contributed by atoms with Crippen LogP contribution < -0.4 is 5.32 Å². The summed E-state index contributed by atoms with van der Waals surface area (Å²) < 4.78 is 51.6. The molecule has 0 bridgehead atoms. The molecule has 0 aliphatic carbocycles. The molecule has 6 heteroatoms. The van der Waals surface area contributed by atoms with E-state index in [2.05, 4.69) is 5.32 Å². The molecule has 1 aliphatic heterocycles. The molecule has 0 spiro atoms. The summed E-state index contributed by atoms with van der Waals surface area (Å²) in [5, 5.41) is 3.37. The molecular weight excluding hydrogens is 330 g/mol. The van der Waals surface area contributed by atoms with E-state index in [0.29, 0.717) is 17.7 Å². The van der Waals surface area contributed by atoms with Crippen LogP contribution in [-0.2, 0) is 6.18 Å². The van der Waals surface area contributed by atoms with Gasteiger partial charge in [-0.1, -0.05) is 30.3 Å². The SMILES string of the molecule is Cl.Fc1cc(C(F)(F)F)ccc1-c1ccc(C2CCCN2)cc1. The van der Waals surface area contributed by atoms with Crippen LogP contribution >= 0.6 is 12.4 Å². The van der Waals surface area contributed by atoms with Gasteiger partial charge in [0.1, 0.15) is 5.82 Å². The van der Waals surface area contributed by atoms with Crippen LogP contribution in [0.3, 0.4) is 0 Å². The third-order valence-electron chi connectivity index (χ3n) is 3.98. The minimum atomic E-state index is -4.53. The number of nitrogens with one attached hydrogen (secondary N) is 1. The number of halogens is 5. The minimum Gasteiger partial charge on any atom is -0.310 e. The highest BCUT2D eigenvalue weighted by Crippen LogP contribution is 2.33. The average molecular weight is 346 g/mol. The maximum atomic E-state index is 14.0. The molecule has 1 saturated heterocycles. The molecule has 23 heavy (non-hydrogen) atoms. The Morgan fingerprint density at radius 2 is 1.70 bits per heavy atom. The third kappa shape index (κ3) is 3.85. The zero-order chi connectivity index (χ0) is 15.7. The molecule has 2 aromatic rings. The fourth-order valence-electron chi connectivity index (χ4n) is 2.79. The fourth-order valence-corrected chi connectivity index (χ4v) is 2.79. The highest BCUT2D eigenvalue weighted by molar-refractivity contribution is 5.85. The largest absolute Gasteiger partial charge is 0.416 e. The second-order valence-corrected chi connectivity index (χ2v) is 5.46. The Bertz CT molecular complexity index is 661. The molecule has 0 aromatic heterocycles. The van der Waals surface area contributed by atoms with Gasteiger partial charge in [0, 0.05) is 11.6 Å². The lowest BCUT2D eigenvalue weighted by Gasteiger charge is -2.12. The molecule has 1 fully saturated rings. The maximum Gasteiger partial charge on any atom is 0.416 e. The smallest absolute Gasteiger partial charge is 0.310 e. The van der Waals surface area contributed by atoms with E-state index in [0.717, 1.165) is 31.0 Å². The van der Waals surface area contributed by atoms with E-state index in [9.17, 15) is 17.6 Å². The molecule has 3 rings (SSSR count). The molecule has 1 nitrogen and oxygen atoms in total. The lowest BCUT2D eigenvalue weighted by molar-refractivity contribution is -0.137. The Morgan fingerprint density at radius 3 is 2.22 bits per heavy atom. The van der Waals surface area contributed by atoms with Gasteiger partial charge in [-0.2, -0.15) is 13.2 Å². The van der Waals surface area contributed by atoms with Crippen molar-refractivity contribution in [2.45, 2.75) is 25.1 Å². The summed E-state index contributed by atoms with van der Waals surface area (Å²) in [6.07, 6.45) is -2.34. The van der Waals surface area contributed by atoms with E-state index in [-0.39, 0.29) is 18.0 Å². The van der Waals surface area contributed by atoms with Gasteiger partial charge in [-0.05, 0) is 42.6 Å². The first-order valence-corrected chi connectivity index (χ1v) is 7.15. The van der Waals surface area contributed by atoms with Gasteiger partial charge in [0.2, 0.25) is 0 Å². The molecule has 124 valence electrons. The van der Waals surface area contributed by atoms with Crippen LogP contribution in [0.25, 0.3) is 11.1 Å². The van der Waals surface area contributed by atoms with Gasteiger partial charge < -0.3 is 5.32 Å². The van der Waals surface area contributed by atoms with E-state index < -0.39 is 17.6 Å². The Kier molecular flexibility index (Phi) is 5.32. The predicted octanol–water partition coefficient (Wildman–Crippen LogP) is 5.36. The van der Waals surface area contributed by atoms with Crippen molar-refractivity contribution in [1.29, 1.82) is 0 Å². The summed E-state index contributed by atoms with van der Waals surface area (Å²) in [7, 11) is 0. The standard InChI is InChI=1S/C17H15F4N.ClH/c18-15-10-13(17(19,20)21)7-8-14(15)11-3-5-12(6-4-11)16-2-1-9-22-16;/h3-8,10,16,22H,1-2,9H2;1H. The number of benzene rings is 2. The Balaban J connectivity index is 0.00000192. The Morgan fingerprint density at radius 1 is 1.00 bits per heavy atom. The number of alkyl halides is 3. The first-order valence-electron chi connectivity index (χ1n) is 7.15. The monoisotopic (exact) mass is 345 g/mol. The molecule has 1 unspecified atom stereocenters. The van der Waals surface area contributed by atoms with Crippen molar-refractivity contribution in [3.63, 3.8) is 0 Å². The van der Waals surface area contributed by atoms with Gasteiger partial charge in [-0.15, -0.1) is 12.4 Å². The van der Waals surface area contributed by atoms with E-state index in [1.165, 1.54) is 6.07 Å². The number of rotatable bonds is 2. The van der Waals surface area contributed by atoms with E-state index >= 15 is 0 Å². The summed E-state index contributed by atoms with van der Waals surface area (Å²) in [4.78, 5) is 0. The summed E-state index contributed by atoms with van der Waals surface area (Å²) in [6, 6.07) is 10.2. The van der Waals surface area contributed by atoms with Crippen molar-refractivity contribution in [1.82, 2.24) is 5.32 Å². The second-order valence-electron chi connectivity index (χ2n) is 5.46. The quantitative estimate of drug-likeness (QED) is 0.723. The summed E-state index contributed by atoms with van der Waals surface area (Å²) >= 11 is 0. The summed E-state index contributed by atoms with van der Waals surface area (Å²) in [6.45, 7) is 0.986. The topological polar surface area (TPSA) is 12.0 Å². The molecule has 0 amide bonds. The van der Waals surface area contributed by atoms with Gasteiger partial charge in [0.05, 0.1) is 5.56 Å². The number of hydrogen-bond donors (Lipinski definition) is 1. The first-order chi connectivity index (χ1) is 10.4. The average Bonchev–Trinajstić information content (AvgIpc) is 3.01. The molecule has 1 heterocycles. The Hall–Kier alpha value is -1.59. The predicted molar refractivity (Wildman–Crippen MR) is 84.1 cm³/mol. The van der Waals surface area contributed by atoms with Crippen molar-refractivity contribution in [2.24, 2.45) is 0 Å². The molecule has 0 radical (unpaired) electrons. The summed E-state index contributed by atoms with van der Waals surface area (Å²) in [5.41, 5.74) is 0.904. The normalized spacial score (nSPS) is 17.8. The minimum absolute atomic E-state index is 0. The van der Waals surface area contributed by atoms with Crippen molar-refractivity contribution < 1.29 is 17.6 Å². The second kappa shape index (κ2) is 6.89. The van der Waals surface area contributed by atoms with E-state index in [1.807, 2.05) is 12.1 Å². The Labute approximate surface area is 138 Å². The zero-order valence-electron chi connectivity index (χ0n) is 12.2. The van der Waals surface area contributed by atoms with Crippen LogP contribution in [-0.4, -0.2) is 6.54 Å². The van der Waals surface area contributed by atoms with Crippen LogP contribution in [0.15, 0.2) is 42.5 Å². The van der Waals surface area contributed by atoms with Gasteiger partial charge in [0.25, 0.3) is 0 Å². The highest BCUT2D eigenvalue weighted by atomic mass is 35.5. The molecule has 1 aliphatic rings. The first kappa shape index (κ1) is 17.8. The molecule has 2 aromatic carbocycles. The molecular formula is C17H16ClF4N. The van der Waals surface area contributed by atoms with Crippen LogP contribution in [0.5, 0.6) is 0 Å². The van der Waals surface area contributed by atoms with Gasteiger partial charge in [-0.25, -0.2) is 4.39 Å². The highest BCUT2D eigenvalue weighted by Gasteiger charge is 2.31. The lowest BCUT2D eigenvalue weighted by atomic mass is 9.99. The number of hydrogen-bond acceptors (Lipinski definition) is 1. The van der Waals surface area contributed by atoms with Crippen molar-refractivity contribution in [3.8, 4) is 11.1 Å². The molecule has 0 saturated carbocycles. The fraction of sp³-hybridized carbons (Fsp3) is 0.294. The summed E-state index contributed by atoms with van der Waals surface area (Å²) in [5.74, 6) is -0.860. The van der Waals surface area contributed by atoms with Crippen LogP contribution in [0, 0.1) is 5.82 Å². The molecule has 1 atom stereocenters. The van der Waals surface area contributed by atoms with Crippen molar-refractivity contribution in [3.05, 3.63) is 59.4 Å². The van der Waals surface area contributed by atoms with Crippen LogP contribution in [0.2, 0.25) is 0 Å². The lowest BCUT2D eigenvalue weighted by Crippen LogP contribution is -2.12. The zero-order valence-corrected chi connectivity index (χ0v) is 13.0. The van der Waals surface area contributed by atoms with Gasteiger partial charge in [-0.3, -0.25) is 0 Å². The van der Waals surface area contributed by atoms with Gasteiger partial charge in [0.15, 0.2) is 0 Å². The van der Waals surface area contributed by atoms with Crippen molar-refractivity contribution in [2.75, 3.05) is 6.54 Å². The van der Waals surface area contributed by atoms with Crippen molar-refractivity contribution >= 4 is 12.4 Å². The van der Waals surface area contributed by atoms with Gasteiger partial charge >= 0.3 is 6.18 Å².